The molecule has 4 heteroatoms. The van der Waals surface area contributed by atoms with E-state index in [9.17, 15) is 9.59 Å². The summed E-state index contributed by atoms with van der Waals surface area (Å²) in [4.78, 5) is 27.2. The molecule has 1 fully saturated rings. The summed E-state index contributed by atoms with van der Waals surface area (Å²) in [6.07, 6.45) is 1.07. The van der Waals surface area contributed by atoms with E-state index in [2.05, 4.69) is 60.8 Å². The molecule has 3 aromatic rings. The van der Waals surface area contributed by atoms with E-state index < -0.39 is 0 Å². The maximum absolute atomic E-state index is 12.9. The average molecular weight is 427 g/mol. The van der Waals surface area contributed by atoms with E-state index in [1.807, 2.05) is 37.3 Å². The molecule has 1 heterocycles. The van der Waals surface area contributed by atoms with Crippen LogP contribution in [0.4, 0.5) is 5.69 Å². The van der Waals surface area contributed by atoms with Crippen LogP contribution in [0.1, 0.15) is 41.0 Å². The van der Waals surface area contributed by atoms with Gasteiger partial charge in [0.05, 0.1) is 5.92 Å². The average Bonchev–Trinajstić information content (AvgIpc) is 3.21. The summed E-state index contributed by atoms with van der Waals surface area (Å²) < 4.78 is 0. The molecule has 0 aromatic heterocycles. The van der Waals surface area contributed by atoms with E-state index in [4.69, 9.17) is 0 Å². The van der Waals surface area contributed by atoms with Crippen molar-refractivity contribution in [2.45, 2.75) is 32.6 Å². The lowest BCUT2D eigenvalue weighted by Crippen LogP contribution is -2.34. The van der Waals surface area contributed by atoms with E-state index in [-0.39, 0.29) is 30.1 Å². The van der Waals surface area contributed by atoms with E-state index in [1.165, 1.54) is 16.7 Å². The second-order valence-electron chi connectivity index (χ2n) is 8.63. The van der Waals surface area contributed by atoms with E-state index in [0.29, 0.717) is 13.1 Å². The zero-order valence-electron chi connectivity index (χ0n) is 18.8. The summed E-state index contributed by atoms with van der Waals surface area (Å²) >= 11 is 0. The molecule has 2 amide bonds. The Labute approximate surface area is 190 Å². The van der Waals surface area contributed by atoms with Gasteiger partial charge >= 0.3 is 0 Å². The number of rotatable bonds is 7. The molecule has 164 valence electrons. The fourth-order valence-electron chi connectivity index (χ4n) is 4.41. The lowest BCUT2D eigenvalue weighted by molar-refractivity contribution is -0.126. The quantitative estimate of drug-likeness (QED) is 0.578. The maximum atomic E-state index is 12.9. The summed E-state index contributed by atoms with van der Waals surface area (Å²) in [5.41, 5.74) is 5.70. The van der Waals surface area contributed by atoms with Crippen molar-refractivity contribution < 1.29 is 9.59 Å². The lowest BCUT2D eigenvalue weighted by Gasteiger charge is -2.20. The van der Waals surface area contributed by atoms with Crippen molar-refractivity contribution in [1.82, 2.24) is 5.32 Å². The lowest BCUT2D eigenvalue weighted by atomic mass is 9.88. The van der Waals surface area contributed by atoms with Crippen LogP contribution in [0.25, 0.3) is 0 Å². The molecule has 32 heavy (non-hydrogen) atoms. The summed E-state index contributed by atoms with van der Waals surface area (Å²) in [5.74, 6) is -0.115. The van der Waals surface area contributed by atoms with E-state index >= 15 is 0 Å². The van der Waals surface area contributed by atoms with Crippen molar-refractivity contribution in [2.75, 3.05) is 18.0 Å². The second kappa shape index (κ2) is 9.82. The summed E-state index contributed by atoms with van der Waals surface area (Å²) in [6, 6.07) is 26.8. The molecule has 0 radical (unpaired) electrons. The minimum atomic E-state index is -0.309. The number of hydrogen-bond acceptors (Lipinski definition) is 2. The molecule has 4 rings (SSSR count). The van der Waals surface area contributed by atoms with Gasteiger partial charge in [0.2, 0.25) is 11.8 Å². The van der Waals surface area contributed by atoms with Crippen molar-refractivity contribution in [1.29, 1.82) is 0 Å². The number of anilines is 1. The highest BCUT2D eigenvalue weighted by atomic mass is 16.2. The van der Waals surface area contributed by atoms with Gasteiger partial charge in [0.25, 0.3) is 0 Å². The Morgan fingerprint density at radius 2 is 1.56 bits per heavy atom. The molecule has 0 bridgehead atoms. The molecule has 0 aliphatic carbocycles. The van der Waals surface area contributed by atoms with Crippen molar-refractivity contribution in [3.63, 3.8) is 0 Å². The topological polar surface area (TPSA) is 49.4 Å². The first-order chi connectivity index (χ1) is 15.5. The van der Waals surface area contributed by atoms with Crippen LogP contribution < -0.4 is 10.2 Å². The van der Waals surface area contributed by atoms with Crippen LogP contribution in [0.15, 0.2) is 78.9 Å². The standard InChI is InChI=1S/C28H30N2O2/c1-20-13-14-25(17-21(20)2)30-19-24(18-27(30)31)28(32)29-16-15-26(22-9-5-3-6-10-22)23-11-7-4-8-12-23/h3-14,17,24,26H,15-16,18-19H2,1-2H3,(H,29,32)/t24-/m1/s1. The highest BCUT2D eigenvalue weighted by Crippen LogP contribution is 2.29. The molecule has 1 aliphatic rings. The van der Waals surface area contributed by atoms with Crippen LogP contribution in [-0.2, 0) is 9.59 Å². The molecular weight excluding hydrogens is 396 g/mol. The van der Waals surface area contributed by atoms with Crippen LogP contribution in [-0.4, -0.2) is 24.9 Å². The fourth-order valence-corrected chi connectivity index (χ4v) is 4.41. The highest BCUT2D eigenvalue weighted by molar-refractivity contribution is 6.00. The Balaban J connectivity index is 1.37. The number of nitrogens with zero attached hydrogens (tertiary/aromatic N) is 1. The van der Waals surface area contributed by atoms with Gasteiger partial charge in [-0.25, -0.2) is 0 Å². The Morgan fingerprint density at radius 1 is 0.938 bits per heavy atom. The molecule has 0 spiro atoms. The monoisotopic (exact) mass is 426 g/mol. The molecule has 1 N–H and O–H groups in total. The minimum absolute atomic E-state index is 0.0138. The Kier molecular flexibility index (Phi) is 6.69. The first-order valence-corrected chi connectivity index (χ1v) is 11.3. The second-order valence-corrected chi connectivity index (χ2v) is 8.63. The minimum Gasteiger partial charge on any atom is -0.356 e. The van der Waals surface area contributed by atoms with Crippen LogP contribution >= 0.6 is 0 Å². The third-order valence-electron chi connectivity index (χ3n) is 6.43. The first kappa shape index (κ1) is 21.8. The normalized spacial score (nSPS) is 15.9. The number of amides is 2. The number of benzene rings is 3. The smallest absolute Gasteiger partial charge is 0.227 e. The Bertz CT molecular complexity index is 1040. The van der Waals surface area contributed by atoms with Gasteiger partial charge in [-0.05, 0) is 54.7 Å². The molecule has 4 nitrogen and oxygen atoms in total. The van der Waals surface area contributed by atoms with Crippen LogP contribution in [0.5, 0.6) is 0 Å². The van der Waals surface area contributed by atoms with Gasteiger partial charge in [-0.2, -0.15) is 0 Å². The van der Waals surface area contributed by atoms with Crippen molar-refractivity contribution in [2.24, 2.45) is 5.92 Å². The fraction of sp³-hybridized carbons (Fsp3) is 0.286. The molecule has 0 saturated carbocycles. The first-order valence-electron chi connectivity index (χ1n) is 11.3. The molecule has 3 aromatic carbocycles. The summed E-state index contributed by atoms with van der Waals surface area (Å²) in [5, 5.41) is 3.09. The van der Waals surface area contributed by atoms with Gasteiger partial charge in [0.1, 0.15) is 0 Å². The van der Waals surface area contributed by atoms with E-state index in [1.54, 1.807) is 4.90 Å². The number of nitrogens with one attached hydrogen (secondary N) is 1. The zero-order valence-corrected chi connectivity index (χ0v) is 18.8. The van der Waals surface area contributed by atoms with Crippen molar-refractivity contribution >= 4 is 17.5 Å². The SMILES string of the molecule is Cc1ccc(N2C[C@H](C(=O)NCCC(c3ccccc3)c3ccccc3)CC2=O)cc1C. The third kappa shape index (κ3) is 4.91. The summed E-state index contributed by atoms with van der Waals surface area (Å²) in [7, 11) is 0. The molecule has 1 aliphatic heterocycles. The van der Waals surface area contributed by atoms with Gasteiger partial charge in [-0.15, -0.1) is 0 Å². The van der Waals surface area contributed by atoms with E-state index in [0.717, 1.165) is 17.7 Å². The van der Waals surface area contributed by atoms with Gasteiger partial charge in [0.15, 0.2) is 0 Å². The van der Waals surface area contributed by atoms with Gasteiger partial charge in [0, 0.05) is 31.1 Å². The van der Waals surface area contributed by atoms with Crippen LogP contribution in [0.2, 0.25) is 0 Å². The molecular formula is C28H30N2O2. The number of carbonyl (C=O) groups excluding carboxylic acids is 2. The molecule has 1 atom stereocenters. The Hall–Kier alpha value is -3.40. The Morgan fingerprint density at radius 3 is 2.16 bits per heavy atom. The van der Waals surface area contributed by atoms with Crippen LogP contribution in [0.3, 0.4) is 0 Å². The molecule has 1 saturated heterocycles. The predicted molar refractivity (Wildman–Crippen MR) is 129 cm³/mol. The zero-order chi connectivity index (χ0) is 22.5. The van der Waals surface area contributed by atoms with Gasteiger partial charge < -0.3 is 10.2 Å². The van der Waals surface area contributed by atoms with Crippen LogP contribution in [0, 0.1) is 19.8 Å². The third-order valence-corrected chi connectivity index (χ3v) is 6.43. The number of carbonyl (C=O) groups is 2. The molecule has 0 unspecified atom stereocenters. The highest BCUT2D eigenvalue weighted by Gasteiger charge is 2.35. The number of hydrogen-bond donors (Lipinski definition) is 1. The number of aryl methyl sites for hydroxylation is 2. The van der Waals surface area contributed by atoms with Crippen molar-refractivity contribution in [3.8, 4) is 0 Å². The van der Waals surface area contributed by atoms with Gasteiger partial charge in [-0.3, -0.25) is 9.59 Å². The largest absolute Gasteiger partial charge is 0.356 e. The predicted octanol–water partition coefficient (Wildman–Crippen LogP) is 4.99. The maximum Gasteiger partial charge on any atom is 0.227 e. The van der Waals surface area contributed by atoms with Gasteiger partial charge in [-0.1, -0.05) is 66.7 Å². The van der Waals surface area contributed by atoms with Crippen molar-refractivity contribution in [3.05, 3.63) is 101 Å². The summed E-state index contributed by atoms with van der Waals surface area (Å²) in [6.45, 7) is 5.11.